The van der Waals surface area contributed by atoms with Crippen molar-refractivity contribution in [2.75, 3.05) is 24.6 Å². The van der Waals surface area contributed by atoms with Crippen molar-refractivity contribution >= 4 is 24.1 Å². The first-order chi connectivity index (χ1) is 10.6. The maximum Gasteiger partial charge on any atom is 0.350 e. The highest BCUT2D eigenvalue weighted by molar-refractivity contribution is 5.85. The van der Waals surface area contributed by atoms with Gasteiger partial charge in [-0.1, -0.05) is 6.92 Å². The molecule has 0 radical (unpaired) electrons. The minimum atomic E-state index is -0.928. The number of anilines is 1. The maximum atomic E-state index is 12.1. The Balaban J connectivity index is 0.00000264. The molecule has 130 valence electrons. The van der Waals surface area contributed by atoms with Gasteiger partial charge in [-0.05, 0) is 63.8 Å². The molecule has 1 fully saturated rings. The summed E-state index contributed by atoms with van der Waals surface area (Å²) >= 11 is 0. The topological polar surface area (TPSA) is 38.8 Å². The minimum Gasteiger partial charge on any atom is -0.476 e. The van der Waals surface area contributed by atoms with Gasteiger partial charge in [0.2, 0.25) is 5.60 Å². The van der Waals surface area contributed by atoms with Crippen LogP contribution in [0.1, 0.15) is 46.5 Å². The van der Waals surface area contributed by atoms with E-state index in [-0.39, 0.29) is 18.4 Å². The number of esters is 1. The minimum absolute atomic E-state index is 0. The van der Waals surface area contributed by atoms with Gasteiger partial charge in [-0.25, -0.2) is 4.79 Å². The highest BCUT2D eigenvalue weighted by Gasteiger charge is 2.35. The normalized spacial score (nSPS) is 16.9. The van der Waals surface area contributed by atoms with Gasteiger partial charge in [-0.3, -0.25) is 0 Å². The predicted octanol–water partition coefficient (Wildman–Crippen LogP) is 4.21. The summed E-state index contributed by atoms with van der Waals surface area (Å²) in [6.07, 6.45) is 4.41. The molecule has 5 heteroatoms. The first kappa shape index (κ1) is 19.6. The average molecular weight is 342 g/mol. The van der Waals surface area contributed by atoms with E-state index >= 15 is 0 Å². The smallest absolute Gasteiger partial charge is 0.350 e. The van der Waals surface area contributed by atoms with E-state index in [2.05, 4.69) is 17.0 Å². The molecule has 1 saturated heterocycles. The van der Waals surface area contributed by atoms with E-state index in [9.17, 15) is 4.79 Å². The molecule has 1 aliphatic heterocycles. The number of nitrogens with zero attached hydrogens (tertiary/aromatic N) is 1. The Hall–Kier alpha value is -1.42. The van der Waals surface area contributed by atoms with Crippen LogP contribution in [-0.4, -0.2) is 31.3 Å². The molecular weight excluding hydrogens is 314 g/mol. The maximum absolute atomic E-state index is 12.1. The monoisotopic (exact) mass is 341 g/mol. The molecule has 0 aliphatic carbocycles. The Morgan fingerprint density at radius 1 is 1.13 bits per heavy atom. The summed E-state index contributed by atoms with van der Waals surface area (Å²) < 4.78 is 11.0. The van der Waals surface area contributed by atoms with Crippen molar-refractivity contribution in [1.29, 1.82) is 0 Å². The molecule has 1 unspecified atom stereocenters. The Kier molecular flexibility index (Phi) is 7.69. The molecular formula is C18H28ClNO3. The molecule has 0 bridgehead atoms. The number of piperidine rings is 1. The number of hydrogen-bond donors (Lipinski definition) is 0. The van der Waals surface area contributed by atoms with Gasteiger partial charge in [-0.15, -0.1) is 12.4 Å². The second-order valence-corrected chi connectivity index (χ2v) is 5.95. The summed E-state index contributed by atoms with van der Waals surface area (Å²) in [6.45, 7) is 8.13. The van der Waals surface area contributed by atoms with Gasteiger partial charge in [0, 0.05) is 18.8 Å². The van der Waals surface area contributed by atoms with Crippen LogP contribution in [0, 0.1) is 0 Å². The Morgan fingerprint density at radius 2 is 1.74 bits per heavy atom. The highest BCUT2D eigenvalue weighted by atomic mass is 35.5. The molecule has 1 aliphatic rings. The van der Waals surface area contributed by atoms with Crippen molar-refractivity contribution in [3.63, 3.8) is 0 Å². The van der Waals surface area contributed by atoms with Crippen molar-refractivity contribution in [3.8, 4) is 5.75 Å². The van der Waals surface area contributed by atoms with Crippen LogP contribution in [0.5, 0.6) is 5.75 Å². The third-order valence-electron chi connectivity index (χ3n) is 4.28. The first-order valence-electron chi connectivity index (χ1n) is 8.30. The van der Waals surface area contributed by atoms with Crippen LogP contribution >= 0.6 is 12.4 Å². The lowest BCUT2D eigenvalue weighted by atomic mass is 10.0. The second-order valence-electron chi connectivity index (χ2n) is 5.95. The lowest BCUT2D eigenvalue weighted by molar-refractivity contribution is -0.160. The largest absolute Gasteiger partial charge is 0.476 e. The van der Waals surface area contributed by atoms with Gasteiger partial charge in [0.25, 0.3) is 0 Å². The van der Waals surface area contributed by atoms with E-state index in [4.69, 9.17) is 9.47 Å². The number of ether oxygens (including phenoxy) is 2. The highest BCUT2D eigenvalue weighted by Crippen LogP contribution is 2.26. The van der Waals surface area contributed by atoms with Crippen LogP contribution in [0.15, 0.2) is 24.3 Å². The fourth-order valence-corrected chi connectivity index (χ4v) is 2.68. The summed E-state index contributed by atoms with van der Waals surface area (Å²) in [7, 11) is 0. The third kappa shape index (κ3) is 5.03. The number of benzene rings is 1. The fraction of sp³-hybridized carbons (Fsp3) is 0.611. The molecule has 4 nitrogen and oxygen atoms in total. The van der Waals surface area contributed by atoms with Crippen LogP contribution in [0.25, 0.3) is 0 Å². The van der Waals surface area contributed by atoms with Gasteiger partial charge in [0.05, 0.1) is 6.61 Å². The van der Waals surface area contributed by atoms with Gasteiger partial charge < -0.3 is 14.4 Å². The summed E-state index contributed by atoms with van der Waals surface area (Å²) in [5.74, 6) is 0.399. The van der Waals surface area contributed by atoms with Crippen molar-refractivity contribution in [2.45, 2.75) is 52.1 Å². The van der Waals surface area contributed by atoms with E-state index in [0.717, 1.165) is 13.1 Å². The quantitative estimate of drug-likeness (QED) is 0.726. The molecule has 0 saturated carbocycles. The molecule has 1 atom stereocenters. The molecule has 0 aromatic heterocycles. The first-order valence-corrected chi connectivity index (χ1v) is 8.30. The summed E-state index contributed by atoms with van der Waals surface area (Å²) in [5.41, 5.74) is 0.296. The Labute approximate surface area is 145 Å². The van der Waals surface area contributed by atoms with Gasteiger partial charge >= 0.3 is 5.97 Å². The molecule has 2 rings (SSSR count). The zero-order valence-corrected chi connectivity index (χ0v) is 15.2. The molecule has 1 aromatic rings. The Bertz CT molecular complexity index is 486. The molecule has 0 spiro atoms. The van der Waals surface area contributed by atoms with E-state index in [1.165, 1.54) is 24.9 Å². The summed E-state index contributed by atoms with van der Waals surface area (Å²) in [6, 6.07) is 8.03. The molecule has 0 N–H and O–H groups in total. The van der Waals surface area contributed by atoms with E-state index < -0.39 is 5.60 Å². The van der Waals surface area contributed by atoms with Gasteiger partial charge in [0.1, 0.15) is 5.75 Å². The standard InChI is InChI=1S/C18H27NO3.ClH/c1-4-18(3,17(20)21-5-2)22-16-11-9-15(10-12-16)19-13-7-6-8-14-19;/h9-12H,4-8,13-14H2,1-3H3;1H. The molecule has 23 heavy (non-hydrogen) atoms. The molecule has 1 aromatic carbocycles. The van der Waals surface area contributed by atoms with Crippen molar-refractivity contribution in [1.82, 2.24) is 0 Å². The number of rotatable bonds is 6. The number of hydrogen-bond acceptors (Lipinski definition) is 4. The van der Waals surface area contributed by atoms with Crippen molar-refractivity contribution < 1.29 is 14.3 Å². The van der Waals surface area contributed by atoms with E-state index in [1.807, 2.05) is 19.1 Å². The number of halogens is 1. The second kappa shape index (κ2) is 9.02. The number of carbonyl (C=O) groups is 1. The van der Waals surface area contributed by atoms with Gasteiger partial charge in [0.15, 0.2) is 0 Å². The average Bonchev–Trinajstić information content (AvgIpc) is 2.56. The van der Waals surface area contributed by atoms with Gasteiger partial charge in [-0.2, -0.15) is 0 Å². The van der Waals surface area contributed by atoms with E-state index in [1.54, 1.807) is 13.8 Å². The summed E-state index contributed by atoms with van der Waals surface area (Å²) in [5, 5.41) is 0. The summed E-state index contributed by atoms with van der Waals surface area (Å²) in [4.78, 5) is 14.5. The van der Waals surface area contributed by atoms with Crippen LogP contribution in [-0.2, 0) is 9.53 Å². The Morgan fingerprint density at radius 3 is 2.26 bits per heavy atom. The van der Waals surface area contributed by atoms with Crippen molar-refractivity contribution in [3.05, 3.63) is 24.3 Å². The predicted molar refractivity (Wildman–Crippen MR) is 95.7 cm³/mol. The van der Waals surface area contributed by atoms with E-state index in [0.29, 0.717) is 18.8 Å². The van der Waals surface area contributed by atoms with Crippen LogP contribution in [0.3, 0.4) is 0 Å². The van der Waals surface area contributed by atoms with Crippen LogP contribution in [0.2, 0.25) is 0 Å². The molecule has 1 heterocycles. The van der Waals surface area contributed by atoms with Crippen molar-refractivity contribution in [2.24, 2.45) is 0 Å². The zero-order valence-electron chi connectivity index (χ0n) is 14.3. The lowest BCUT2D eigenvalue weighted by Crippen LogP contribution is -2.42. The SMILES string of the molecule is CCOC(=O)C(C)(CC)Oc1ccc(N2CCCCC2)cc1.Cl. The number of carbonyl (C=O) groups excluding carboxylic acids is 1. The zero-order chi connectivity index (χ0) is 16.0. The van der Waals surface area contributed by atoms with Crippen LogP contribution in [0.4, 0.5) is 5.69 Å². The van der Waals surface area contributed by atoms with Crippen LogP contribution < -0.4 is 9.64 Å². The lowest BCUT2D eigenvalue weighted by Gasteiger charge is -2.30. The molecule has 0 amide bonds. The fourth-order valence-electron chi connectivity index (χ4n) is 2.68. The third-order valence-corrected chi connectivity index (χ3v) is 4.28.